The van der Waals surface area contributed by atoms with Crippen molar-refractivity contribution in [3.05, 3.63) is 59.0 Å². The number of ketones is 1. The normalized spacial score (nSPS) is 17.8. The Kier molecular flexibility index (Phi) is 5.33. The third kappa shape index (κ3) is 3.75. The first-order chi connectivity index (χ1) is 13.5. The zero-order valence-corrected chi connectivity index (χ0v) is 16.8. The summed E-state index contributed by atoms with van der Waals surface area (Å²) in [6.45, 7) is 4.23. The number of oxazole rings is 1. The van der Waals surface area contributed by atoms with Gasteiger partial charge in [-0.05, 0) is 38.4 Å². The second-order valence-electron chi connectivity index (χ2n) is 7.30. The first-order valence-electron chi connectivity index (χ1n) is 9.48. The molecule has 0 amide bonds. The lowest BCUT2D eigenvalue weighted by atomic mass is 9.93. The molecule has 2 aromatic heterocycles. The summed E-state index contributed by atoms with van der Waals surface area (Å²) >= 11 is 6.27. The van der Waals surface area contributed by atoms with Crippen molar-refractivity contribution in [2.24, 2.45) is 13.0 Å². The maximum Gasteiger partial charge on any atom is 0.228 e. The van der Waals surface area contributed by atoms with Crippen LogP contribution in [0.1, 0.15) is 34.9 Å². The number of aryl methyl sites for hydroxylation is 2. The molecule has 6 nitrogen and oxygen atoms in total. The van der Waals surface area contributed by atoms with Gasteiger partial charge in [-0.25, -0.2) is 9.97 Å². The summed E-state index contributed by atoms with van der Waals surface area (Å²) in [5.74, 6) is 1.93. The molecule has 1 atom stereocenters. The Hall–Kier alpha value is -2.44. The molecule has 0 bridgehead atoms. The van der Waals surface area contributed by atoms with E-state index in [1.54, 1.807) is 10.8 Å². The Labute approximate surface area is 169 Å². The second-order valence-corrected chi connectivity index (χ2v) is 7.71. The number of halogens is 1. The number of imidazole rings is 1. The van der Waals surface area contributed by atoms with E-state index in [0.717, 1.165) is 36.4 Å². The quantitative estimate of drug-likeness (QED) is 0.604. The first kappa shape index (κ1) is 18.9. The smallest absolute Gasteiger partial charge is 0.228 e. The minimum absolute atomic E-state index is 0.0369. The molecule has 4 rings (SSSR count). The van der Waals surface area contributed by atoms with Crippen molar-refractivity contribution < 1.29 is 9.21 Å². The van der Waals surface area contributed by atoms with Gasteiger partial charge in [-0.3, -0.25) is 9.69 Å². The van der Waals surface area contributed by atoms with Crippen molar-refractivity contribution in [1.82, 2.24) is 19.4 Å². The number of hydrogen-bond donors (Lipinski definition) is 0. The molecule has 28 heavy (non-hydrogen) atoms. The fourth-order valence-electron chi connectivity index (χ4n) is 3.74. The topological polar surface area (TPSA) is 64.2 Å². The van der Waals surface area contributed by atoms with E-state index in [-0.39, 0.29) is 11.7 Å². The molecule has 0 aliphatic carbocycles. The molecule has 1 aliphatic rings. The number of hydrogen-bond acceptors (Lipinski definition) is 5. The lowest BCUT2D eigenvalue weighted by molar-refractivity contribution is 0.0796. The summed E-state index contributed by atoms with van der Waals surface area (Å²) < 4.78 is 7.66. The highest BCUT2D eigenvalue weighted by atomic mass is 35.5. The van der Waals surface area contributed by atoms with Gasteiger partial charge >= 0.3 is 0 Å². The SMILES string of the molecule is Cc1oc(-c2ccccc2Cl)nc1CN1CCCC(C(=O)c2nccn2C)C1. The molecule has 146 valence electrons. The maximum absolute atomic E-state index is 12.8. The van der Waals surface area contributed by atoms with Gasteiger partial charge in [0.15, 0.2) is 5.82 Å². The van der Waals surface area contributed by atoms with Crippen molar-refractivity contribution in [3.63, 3.8) is 0 Å². The van der Waals surface area contributed by atoms with Crippen LogP contribution in [-0.2, 0) is 13.6 Å². The van der Waals surface area contributed by atoms with Crippen LogP contribution in [0.25, 0.3) is 11.5 Å². The van der Waals surface area contributed by atoms with Crippen LogP contribution in [0.2, 0.25) is 5.02 Å². The molecule has 3 heterocycles. The molecule has 1 aromatic carbocycles. The molecule has 0 spiro atoms. The van der Waals surface area contributed by atoms with Crippen LogP contribution in [0, 0.1) is 12.8 Å². The largest absolute Gasteiger partial charge is 0.441 e. The number of nitrogens with zero attached hydrogens (tertiary/aromatic N) is 4. The van der Waals surface area contributed by atoms with E-state index in [0.29, 0.717) is 29.8 Å². The number of carbonyl (C=O) groups is 1. The number of rotatable bonds is 5. The maximum atomic E-state index is 12.8. The average molecular weight is 399 g/mol. The summed E-state index contributed by atoms with van der Waals surface area (Å²) in [5.41, 5.74) is 1.68. The predicted octanol–water partition coefficient (Wildman–Crippen LogP) is 4.13. The second kappa shape index (κ2) is 7.89. The summed E-state index contributed by atoms with van der Waals surface area (Å²) in [5, 5.41) is 0.619. The van der Waals surface area contributed by atoms with Crippen LogP contribution in [0.15, 0.2) is 41.1 Å². The Balaban J connectivity index is 1.48. The van der Waals surface area contributed by atoms with Gasteiger partial charge in [0.25, 0.3) is 0 Å². The molecule has 3 aromatic rings. The van der Waals surface area contributed by atoms with Crippen molar-refractivity contribution >= 4 is 17.4 Å². The van der Waals surface area contributed by atoms with Gasteiger partial charge in [0.2, 0.25) is 11.7 Å². The Morgan fingerprint density at radius 3 is 2.93 bits per heavy atom. The number of aromatic nitrogens is 3. The monoisotopic (exact) mass is 398 g/mol. The third-order valence-corrected chi connectivity index (χ3v) is 5.62. The van der Waals surface area contributed by atoms with Crippen LogP contribution >= 0.6 is 11.6 Å². The Morgan fingerprint density at radius 2 is 2.18 bits per heavy atom. The van der Waals surface area contributed by atoms with Gasteiger partial charge in [-0.15, -0.1) is 0 Å². The average Bonchev–Trinajstić information content (AvgIpc) is 3.27. The predicted molar refractivity (Wildman–Crippen MR) is 107 cm³/mol. The highest BCUT2D eigenvalue weighted by Crippen LogP contribution is 2.29. The molecule has 0 radical (unpaired) electrons. The van der Waals surface area contributed by atoms with E-state index in [1.165, 1.54) is 0 Å². The molecule has 1 aliphatic heterocycles. The van der Waals surface area contributed by atoms with Crippen molar-refractivity contribution in [3.8, 4) is 11.5 Å². The minimum atomic E-state index is -0.0369. The van der Waals surface area contributed by atoms with Crippen LogP contribution in [0.5, 0.6) is 0 Å². The highest BCUT2D eigenvalue weighted by molar-refractivity contribution is 6.33. The fraction of sp³-hybridized carbons (Fsp3) is 0.381. The third-order valence-electron chi connectivity index (χ3n) is 5.29. The first-order valence-corrected chi connectivity index (χ1v) is 9.86. The zero-order valence-electron chi connectivity index (χ0n) is 16.1. The molecular formula is C21H23ClN4O2. The molecule has 1 saturated heterocycles. The molecular weight excluding hydrogens is 376 g/mol. The molecule has 7 heteroatoms. The van der Waals surface area contributed by atoms with E-state index in [4.69, 9.17) is 16.0 Å². The Morgan fingerprint density at radius 1 is 1.36 bits per heavy atom. The summed E-state index contributed by atoms with van der Waals surface area (Å²) in [6.07, 6.45) is 5.35. The van der Waals surface area contributed by atoms with Crippen LogP contribution in [0.3, 0.4) is 0 Å². The van der Waals surface area contributed by atoms with Crippen LogP contribution in [-0.4, -0.2) is 38.3 Å². The Bertz CT molecular complexity index is 994. The number of Topliss-reactive ketones (excluding diaryl/α,β-unsaturated/α-hetero) is 1. The van der Waals surface area contributed by atoms with E-state index < -0.39 is 0 Å². The summed E-state index contributed by atoms with van der Waals surface area (Å²) in [4.78, 5) is 24.0. The van der Waals surface area contributed by atoms with E-state index >= 15 is 0 Å². The van der Waals surface area contributed by atoms with E-state index in [2.05, 4.69) is 14.9 Å². The number of benzene rings is 1. The standard InChI is InChI=1S/C21H23ClN4O2/c1-14-18(24-21(28-14)16-7-3-4-8-17(16)22)13-26-10-5-6-15(12-26)19(27)20-23-9-11-25(20)2/h3-4,7-9,11,15H,5-6,10,12-13H2,1-2H3. The van der Waals surface area contributed by atoms with Crippen molar-refractivity contribution in [2.75, 3.05) is 13.1 Å². The molecule has 0 saturated carbocycles. The van der Waals surface area contributed by atoms with E-state index in [9.17, 15) is 4.79 Å². The number of piperidine rings is 1. The van der Waals surface area contributed by atoms with Gasteiger partial charge in [-0.2, -0.15) is 0 Å². The number of likely N-dealkylation sites (tertiary alicyclic amines) is 1. The van der Waals surface area contributed by atoms with Gasteiger partial charge in [0.05, 0.1) is 16.3 Å². The van der Waals surface area contributed by atoms with Gasteiger partial charge in [-0.1, -0.05) is 23.7 Å². The zero-order chi connectivity index (χ0) is 19.7. The lowest BCUT2D eigenvalue weighted by Crippen LogP contribution is -2.39. The van der Waals surface area contributed by atoms with Gasteiger partial charge in [0.1, 0.15) is 5.76 Å². The van der Waals surface area contributed by atoms with Crippen molar-refractivity contribution in [1.29, 1.82) is 0 Å². The number of carbonyl (C=O) groups excluding carboxylic acids is 1. The van der Waals surface area contributed by atoms with Gasteiger partial charge in [0, 0.05) is 38.4 Å². The molecule has 1 fully saturated rings. The van der Waals surface area contributed by atoms with Crippen LogP contribution < -0.4 is 0 Å². The summed E-state index contributed by atoms with van der Waals surface area (Å²) in [6, 6.07) is 7.53. The lowest BCUT2D eigenvalue weighted by Gasteiger charge is -2.31. The molecule has 1 unspecified atom stereocenters. The van der Waals surface area contributed by atoms with Crippen LogP contribution in [0.4, 0.5) is 0 Å². The van der Waals surface area contributed by atoms with Gasteiger partial charge < -0.3 is 8.98 Å². The highest BCUT2D eigenvalue weighted by Gasteiger charge is 2.29. The van der Waals surface area contributed by atoms with E-state index in [1.807, 2.05) is 44.4 Å². The molecule has 0 N–H and O–H groups in total. The summed E-state index contributed by atoms with van der Waals surface area (Å²) in [7, 11) is 1.86. The minimum Gasteiger partial charge on any atom is -0.441 e. The fourth-order valence-corrected chi connectivity index (χ4v) is 3.95. The van der Waals surface area contributed by atoms with Crippen molar-refractivity contribution in [2.45, 2.75) is 26.3 Å².